The van der Waals surface area contributed by atoms with Gasteiger partial charge in [0.05, 0.1) is 0 Å². The first kappa shape index (κ1) is 15.2. The molecule has 1 aliphatic rings. The van der Waals surface area contributed by atoms with Crippen LogP contribution in [0.15, 0.2) is 36.0 Å². The summed E-state index contributed by atoms with van der Waals surface area (Å²) < 4.78 is 26.6. The maximum Gasteiger partial charge on any atom is 0.350 e. The number of amides is 2. The van der Waals surface area contributed by atoms with E-state index in [4.69, 9.17) is 0 Å². The van der Waals surface area contributed by atoms with Crippen molar-refractivity contribution >= 4 is 11.8 Å². The van der Waals surface area contributed by atoms with Gasteiger partial charge >= 0.3 is 11.8 Å². The fourth-order valence-electron chi connectivity index (χ4n) is 1.15. The molecule has 0 radical (unpaired) electrons. The predicted molar refractivity (Wildman–Crippen MR) is 61.5 cm³/mol. The topological polar surface area (TPSA) is 46.2 Å². The van der Waals surface area contributed by atoms with Gasteiger partial charge in [0.15, 0.2) is 0 Å². The maximum atomic E-state index is 13.3. The van der Waals surface area contributed by atoms with E-state index in [1.165, 1.54) is 19.1 Å². The Bertz CT molecular complexity index is 395. The van der Waals surface area contributed by atoms with Crippen LogP contribution in [0.3, 0.4) is 0 Å². The second kappa shape index (κ2) is 6.08. The van der Waals surface area contributed by atoms with Gasteiger partial charge in [-0.1, -0.05) is 38.7 Å². The standard InChI is InChI=1S/C10H9F2NO2.C2H6/c1-3-4-5-7-6(2)8(14)13-9(15)10(7,11)12;1-2/h3-5H,1H2,2H3,(H,13,14,15);1-2H3/b5-4-;. The van der Waals surface area contributed by atoms with Crippen LogP contribution in [-0.4, -0.2) is 17.7 Å². The SMILES string of the molecule is C=C/C=C\C1=C(C)C(=O)NC(=O)C1(F)F.CC. The Morgan fingerprint density at radius 3 is 2.29 bits per heavy atom. The van der Waals surface area contributed by atoms with E-state index in [0.717, 1.165) is 6.08 Å². The highest BCUT2D eigenvalue weighted by Gasteiger charge is 2.47. The van der Waals surface area contributed by atoms with Crippen LogP contribution >= 0.6 is 0 Å². The predicted octanol–water partition coefficient (Wildman–Crippen LogP) is 2.36. The highest BCUT2D eigenvalue weighted by atomic mass is 19.3. The molecule has 5 heteroatoms. The number of rotatable bonds is 2. The number of nitrogens with one attached hydrogen (secondary N) is 1. The number of imide groups is 1. The minimum absolute atomic E-state index is 0.169. The number of alkyl halides is 2. The normalized spacial score (nSPS) is 18.6. The Balaban J connectivity index is 0.00000121. The first-order valence-corrected chi connectivity index (χ1v) is 5.15. The molecule has 0 aliphatic carbocycles. The average molecular weight is 243 g/mol. The molecule has 0 saturated carbocycles. The summed E-state index contributed by atoms with van der Waals surface area (Å²) in [5, 5.41) is 1.58. The van der Waals surface area contributed by atoms with Crippen LogP contribution in [0.4, 0.5) is 8.78 Å². The molecule has 3 nitrogen and oxygen atoms in total. The molecule has 0 aromatic rings. The van der Waals surface area contributed by atoms with Crippen molar-refractivity contribution in [2.45, 2.75) is 26.7 Å². The lowest BCUT2D eigenvalue weighted by atomic mass is 9.97. The summed E-state index contributed by atoms with van der Waals surface area (Å²) in [5.41, 5.74) is -0.756. The first-order chi connectivity index (χ1) is 7.91. The third kappa shape index (κ3) is 3.09. The molecule has 0 bridgehead atoms. The summed E-state index contributed by atoms with van der Waals surface area (Å²) in [4.78, 5) is 22.0. The van der Waals surface area contributed by atoms with Crippen molar-refractivity contribution in [3.8, 4) is 0 Å². The molecular formula is C12H15F2NO2. The summed E-state index contributed by atoms with van der Waals surface area (Å²) in [6.45, 7) is 8.55. The molecule has 2 amide bonds. The molecular weight excluding hydrogens is 228 g/mol. The monoisotopic (exact) mass is 243 g/mol. The Kier molecular flexibility index (Phi) is 5.44. The molecule has 1 N–H and O–H groups in total. The quantitative estimate of drug-likeness (QED) is 0.597. The summed E-state index contributed by atoms with van der Waals surface area (Å²) in [5.74, 6) is -6.06. The van der Waals surface area contributed by atoms with Gasteiger partial charge < -0.3 is 0 Å². The van der Waals surface area contributed by atoms with Gasteiger partial charge in [-0.2, -0.15) is 8.78 Å². The van der Waals surface area contributed by atoms with Crippen molar-refractivity contribution < 1.29 is 18.4 Å². The van der Waals surface area contributed by atoms with Crippen molar-refractivity contribution in [2.75, 3.05) is 0 Å². The smallest absolute Gasteiger partial charge is 0.287 e. The van der Waals surface area contributed by atoms with Gasteiger partial charge in [0, 0.05) is 11.1 Å². The van der Waals surface area contributed by atoms with Crippen molar-refractivity contribution in [1.82, 2.24) is 5.32 Å². The highest BCUT2D eigenvalue weighted by Crippen LogP contribution is 2.31. The average Bonchev–Trinajstić information content (AvgIpc) is 2.29. The Labute approximate surface area is 98.9 Å². The van der Waals surface area contributed by atoms with Gasteiger partial charge in [-0.05, 0) is 6.92 Å². The molecule has 0 atom stereocenters. The lowest BCUT2D eigenvalue weighted by Crippen LogP contribution is -2.49. The molecule has 0 saturated heterocycles. The highest BCUT2D eigenvalue weighted by molar-refractivity contribution is 6.11. The second-order valence-corrected chi connectivity index (χ2v) is 2.99. The lowest BCUT2D eigenvalue weighted by molar-refractivity contribution is -0.145. The molecule has 94 valence electrons. The molecule has 0 spiro atoms. The fourth-order valence-corrected chi connectivity index (χ4v) is 1.15. The van der Waals surface area contributed by atoms with Gasteiger partial charge in [-0.25, -0.2) is 0 Å². The van der Waals surface area contributed by atoms with Gasteiger partial charge in [-0.15, -0.1) is 0 Å². The molecule has 17 heavy (non-hydrogen) atoms. The Morgan fingerprint density at radius 1 is 1.29 bits per heavy atom. The molecule has 1 heterocycles. The molecule has 0 unspecified atom stereocenters. The van der Waals surface area contributed by atoms with Crippen molar-refractivity contribution in [3.63, 3.8) is 0 Å². The van der Waals surface area contributed by atoms with E-state index >= 15 is 0 Å². The van der Waals surface area contributed by atoms with Gasteiger partial charge in [-0.3, -0.25) is 14.9 Å². The van der Waals surface area contributed by atoms with Crippen molar-refractivity contribution in [3.05, 3.63) is 36.0 Å². The molecule has 0 aromatic heterocycles. The minimum atomic E-state index is -3.67. The van der Waals surface area contributed by atoms with E-state index < -0.39 is 23.3 Å². The van der Waals surface area contributed by atoms with E-state index in [9.17, 15) is 18.4 Å². The minimum Gasteiger partial charge on any atom is -0.287 e. The number of carbonyl (C=O) groups is 2. The van der Waals surface area contributed by atoms with E-state index in [1.807, 2.05) is 13.8 Å². The van der Waals surface area contributed by atoms with Gasteiger partial charge in [0.1, 0.15) is 0 Å². The molecule has 0 aromatic carbocycles. The van der Waals surface area contributed by atoms with Crippen molar-refractivity contribution in [1.29, 1.82) is 0 Å². The summed E-state index contributed by atoms with van der Waals surface area (Å²) in [6, 6.07) is 0. The van der Waals surface area contributed by atoms with Gasteiger partial charge in [0.2, 0.25) is 0 Å². The third-order valence-electron chi connectivity index (χ3n) is 1.99. The zero-order valence-electron chi connectivity index (χ0n) is 10.0. The maximum absolute atomic E-state index is 13.3. The van der Waals surface area contributed by atoms with Crippen LogP contribution in [0.5, 0.6) is 0 Å². The Hall–Kier alpha value is -1.78. The molecule has 1 rings (SSSR count). The zero-order valence-corrected chi connectivity index (χ0v) is 10.0. The van der Waals surface area contributed by atoms with E-state index in [0.29, 0.717) is 0 Å². The number of carbonyl (C=O) groups excluding carboxylic acids is 2. The van der Waals surface area contributed by atoms with Gasteiger partial charge in [0.25, 0.3) is 5.91 Å². The first-order valence-electron chi connectivity index (χ1n) is 5.15. The van der Waals surface area contributed by atoms with E-state index in [2.05, 4.69) is 6.58 Å². The number of hydrogen-bond donors (Lipinski definition) is 1. The largest absolute Gasteiger partial charge is 0.350 e. The van der Waals surface area contributed by atoms with Crippen LogP contribution in [-0.2, 0) is 9.59 Å². The van der Waals surface area contributed by atoms with E-state index in [-0.39, 0.29) is 5.57 Å². The van der Waals surface area contributed by atoms with Crippen LogP contribution < -0.4 is 5.32 Å². The summed E-state index contributed by atoms with van der Waals surface area (Å²) >= 11 is 0. The summed E-state index contributed by atoms with van der Waals surface area (Å²) in [6.07, 6.45) is 3.55. The second-order valence-electron chi connectivity index (χ2n) is 2.99. The third-order valence-corrected chi connectivity index (χ3v) is 1.99. The number of allylic oxidation sites excluding steroid dienone is 3. The number of halogens is 2. The number of hydrogen-bond acceptors (Lipinski definition) is 2. The van der Waals surface area contributed by atoms with E-state index in [1.54, 1.807) is 5.32 Å². The lowest BCUT2D eigenvalue weighted by Gasteiger charge is -2.23. The zero-order chi connectivity index (χ0) is 13.6. The summed E-state index contributed by atoms with van der Waals surface area (Å²) in [7, 11) is 0. The molecule has 1 aliphatic heterocycles. The van der Waals surface area contributed by atoms with Crippen molar-refractivity contribution in [2.24, 2.45) is 0 Å². The van der Waals surface area contributed by atoms with Crippen LogP contribution in [0.1, 0.15) is 20.8 Å². The molecule has 0 fully saturated rings. The Morgan fingerprint density at radius 2 is 1.82 bits per heavy atom. The van der Waals surface area contributed by atoms with Crippen LogP contribution in [0.2, 0.25) is 0 Å². The van der Waals surface area contributed by atoms with Crippen LogP contribution in [0.25, 0.3) is 0 Å². The van der Waals surface area contributed by atoms with Crippen LogP contribution in [0, 0.1) is 0 Å². The fraction of sp³-hybridized carbons (Fsp3) is 0.333.